The maximum absolute atomic E-state index is 12.7. The maximum atomic E-state index is 12.7. The van der Waals surface area contributed by atoms with E-state index in [2.05, 4.69) is 6.07 Å². The van der Waals surface area contributed by atoms with Crippen LogP contribution in [0.1, 0.15) is 15.9 Å². The second kappa shape index (κ2) is 10.4. The molecular weight excluding hydrogens is 452 g/mol. The van der Waals surface area contributed by atoms with Gasteiger partial charge < -0.3 is 4.74 Å². The van der Waals surface area contributed by atoms with Crippen molar-refractivity contribution < 1.29 is 9.53 Å². The number of ether oxygens (including phenoxy) is 1. The summed E-state index contributed by atoms with van der Waals surface area (Å²) < 4.78 is 5.55. The Balaban J connectivity index is 1.79. The lowest BCUT2D eigenvalue weighted by Gasteiger charge is -2.14. The minimum Gasteiger partial charge on any atom is -0.496 e. The molecule has 0 fully saturated rings. The van der Waals surface area contributed by atoms with Crippen molar-refractivity contribution in [3.8, 4) is 34.2 Å². The van der Waals surface area contributed by atoms with Crippen molar-refractivity contribution in [3.05, 3.63) is 101 Å². The Morgan fingerprint density at radius 3 is 2.39 bits per heavy atom. The van der Waals surface area contributed by atoms with Crippen LogP contribution in [0.25, 0.3) is 22.4 Å². The first-order valence-corrected chi connectivity index (χ1v) is 11.5. The predicted octanol–water partition coefficient (Wildman–Crippen LogP) is 6.92. The third-order valence-corrected chi connectivity index (χ3v) is 6.30. The summed E-state index contributed by atoms with van der Waals surface area (Å²) in [6.45, 7) is 0. The highest BCUT2D eigenvalue weighted by Gasteiger charge is 2.19. The molecule has 0 radical (unpaired) electrons. The van der Waals surface area contributed by atoms with Gasteiger partial charge in [-0.1, -0.05) is 71.9 Å². The van der Waals surface area contributed by atoms with E-state index in [-0.39, 0.29) is 11.5 Å². The van der Waals surface area contributed by atoms with Crippen LogP contribution in [0.2, 0.25) is 5.02 Å². The van der Waals surface area contributed by atoms with Crippen molar-refractivity contribution >= 4 is 29.1 Å². The summed E-state index contributed by atoms with van der Waals surface area (Å²) in [6, 6.07) is 28.3. The molecule has 1 heterocycles. The molecule has 4 aromatic rings. The summed E-state index contributed by atoms with van der Waals surface area (Å²) >= 11 is 7.19. The number of methoxy groups -OCH3 is 1. The normalized spacial score (nSPS) is 10.5. The number of rotatable bonds is 7. The fourth-order valence-electron chi connectivity index (χ4n) is 3.42. The van der Waals surface area contributed by atoms with Gasteiger partial charge in [-0.25, -0.2) is 4.98 Å². The Labute approximate surface area is 201 Å². The largest absolute Gasteiger partial charge is 0.496 e. The van der Waals surface area contributed by atoms with E-state index in [9.17, 15) is 10.1 Å². The summed E-state index contributed by atoms with van der Waals surface area (Å²) in [5.74, 6) is 0.742. The van der Waals surface area contributed by atoms with E-state index in [1.165, 1.54) is 11.8 Å². The van der Waals surface area contributed by atoms with Gasteiger partial charge in [-0.3, -0.25) is 4.79 Å². The number of benzene rings is 3. The standard InChI is InChI=1S/C27H19ClN2O2S/c1-32-26-10-6-5-9-21(26)22-15-24(18-7-3-2-4-8-18)30-27(23(22)16-29)33-17-25(31)19-11-13-20(28)14-12-19/h2-15H,17H2,1H3. The number of ketones is 1. The molecular formula is C27H19ClN2O2S. The second-order valence-electron chi connectivity index (χ2n) is 7.13. The summed E-state index contributed by atoms with van der Waals surface area (Å²) in [5, 5.41) is 11.1. The molecule has 4 rings (SSSR count). The van der Waals surface area contributed by atoms with Gasteiger partial charge in [0.2, 0.25) is 0 Å². The van der Waals surface area contributed by atoms with Gasteiger partial charge in [0, 0.05) is 27.3 Å². The van der Waals surface area contributed by atoms with Gasteiger partial charge >= 0.3 is 0 Å². The molecule has 0 aliphatic carbocycles. The first kappa shape index (κ1) is 22.6. The molecule has 1 aromatic heterocycles. The van der Waals surface area contributed by atoms with Crippen molar-refractivity contribution in [3.63, 3.8) is 0 Å². The van der Waals surface area contributed by atoms with E-state index in [0.29, 0.717) is 32.5 Å². The van der Waals surface area contributed by atoms with Gasteiger partial charge in [-0.15, -0.1) is 0 Å². The highest BCUT2D eigenvalue weighted by molar-refractivity contribution is 8.00. The number of thioether (sulfide) groups is 1. The highest BCUT2D eigenvalue weighted by atomic mass is 35.5. The van der Waals surface area contributed by atoms with Gasteiger partial charge in [0.05, 0.1) is 24.1 Å². The topological polar surface area (TPSA) is 63.0 Å². The van der Waals surface area contributed by atoms with Gasteiger partial charge in [0.25, 0.3) is 0 Å². The van der Waals surface area contributed by atoms with Crippen LogP contribution in [0.5, 0.6) is 5.75 Å². The number of halogens is 1. The van der Waals surface area contributed by atoms with E-state index in [1.54, 1.807) is 31.4 Å². The Bertz CT molecular complexity index is 1330. The number of nitrogens with zero attached hydrogens (tertiary/aromatic N) is 2. The number of hydrogen-bond donors (Lipinski definition) is 0. The van der Waals surface area contributed by atoms with Crippen LogP contribution in [0.15, 0.2) is 90.0 Å². The van der Waals surface area contributed by atoms with Crippen LogP contribution >= 0.6 is 23.4 Å². The van der Waals surface area contributed by atoms with Crippen LogP contribution in [0.4, 0.5) is 0 Å². The zero-order valence-corrected chi connectivity index (χ0v) is 19.4. The summed E-state index contributed by atoms with van der Waals surface area (Å²) in [6.07, 6.45) is 0. The number of Topliss-reactive ketones (excluding diaryl/α,β-unsaturated/α-hetero) is 1. The lowest BCUT2D eigenvalue weighted by atomic mass is 9.98. The predicted molar refractivity (Wildman–Crippen MR) is 133 cm³/mol. The van der Waals surface area contributed by atoms with Crippen LogP contribution < -0.4 is 4.74 Å². The summed E-state index contributed by atoms with van der Waals surface area (Å²) in [4.78, 5) is 17.5. The zero-order valence-electron chi connectivity index (χ0n) is 17.8. The molecule has 0 saturated carbocycles. The van der Waals surface area contributed by atoms with Crippen molar-refractivity contribution in [2.45, 2.75) is 5.03 Å². The first-order valence-electron chi connectivity index (χ1n) is 10.2. The molecule has 0 aliphatic heterocycles. The Morgan fingerprint density at radius 2 is 1.70 bits per heavy atom. The fourth-order valence-corrected chi connectivity index (χ4v) is 4.45. The number of aromatic nitrogens is 1. The van der Waals surface area contributed by atoms with Gasteiger partial charge in [-0.05, 0) is 36.4 Å². The van der Waals surface area contributed by atoms with Crippen molar-refractivity contribution in [2.75, 3.05) is 12.9 Å². The molecule has 0 aliphatic rings. The molecule has 0 bridgehead atoms. The Kier molecular flexibility index (Phi) is 7.09. The van der Waals surface area contributed by atoms with Crippen molar-refractivity contribution in [1.82, 2.24) is 4.98 Å². The van der Waals surface area contributed by atoms with Gasteiger partial charge in [0.1, 0.15) is 16.8 Å². The van der Waals surface area contributed by atoms with E-state index < -0.39 is 0 Å². The number of carbonyl (C=O) groups is 1. The van der Waals surface area contributed by atoms with Gasteiger partial charge in [-0.2, -0.15) is 5.26 Å². The monoisotopic (exact) mass is 470 g/mol. The minimum atomic E-state index is -0.0636. The van der Waals surface area contributed by atoms with Crippen molar-refractivity contribution in [2.24, 2.45) is 0 Å². The SMILES string of the molecule is COc1ccccc1-c1cc(-c2ccccc2)nc(SCC(=O)c2ccc(Cl)cc2)c1C#N. The summed E-state index contributed by atoms with van der Waals surface area (Å²) in [7, 11) is 1.60. The maximum Gasteiger partial charge on any atom is 0.173 e. The minimum absolute atomic E-state index is 0.0636. The van der Waals surface area contributed by atoms with E-state index in [4.69, 9.17) is 21.3 Å². The molecule has 0 atom stereocenters. The zero-order chi connectivity index (χ0) is 23.2. The van der Waals surface area contributed by atoms with E-state index >= 15 is 0 Å². The number of hydrogen-bond acceptors (Lipinski definition) is 5. The molecule has 0 N–H and O–H groups in total. The number of carbonyl (C=O) groups excluding carboxylic acids is 1. The average molecular weight is 471 g/mol. The molecule has 6 heteroatoms. The Hall–Kier alpha value is -3.59. The smallest absolute Gasteiger partial charge is 0.173 e. The highest BCUT2D eigenvalue weighted by Crippen LogP contribution is 2.38. The van der Waals surface area contributed by atoms with Crippen LogP contribution in [0.3, 0.4) is 0 Å². The fraction of sp³-hybridized carbons (Fsp3) is 0.0741. The third kappa shape index (κ3) is 5.09. The van der Waals surface area contributed by atoms with Crippen LogP contribution in [-0.2, 0) is 0 Å². The first-order chi connectivity index (χ1) is 16.1. The van der Waals surface area contributed by atoms with Gasteiger partial charge in [0.15, 0.2) is 5.78 Å². The van der Waals surface area contributed by atoms with Crippen LogP contribution in [0, 0.1) is 11.3 Å². The number of pyridine rings is 1. The molecule has 162 valence electrons. The van der Waals surface area contributed by atoms with E-state index in [1.807, 2.05) is 60.7 Å². The number of para-hydroxylation sites is 1. The summed E-state index contributed by atoms with van der Waals surface area (Å²) in [5.41, 5.74) is 4.12. The molecule has 4 nitrogen and oxygen atoms in total. The quantitative estimate of drug-likeness (QED) is 0.216. The van der Waals surface area contributed by atoms with Crippen LogP contribution in [-0.4, -0.2) is 23.6 Å². The third-order valence-electron chi connectivity index (χ3n) is 5.07. The molecule has 0 amide bonds. The molecule has 0 saturated heterocycles. The lowest BCUT2D eigenvalue weighted by molar-refractivity contribution is 0.102. The molecule has 3 aromatic carbocycles. The second-order valence-corrected chi connectivity index (χ2v) is 8.53. The Morgan fingerprint density at radius 1 is 1.00 bits per heavy atom. The van der Waals surface area contributed by atoms with E-state index in [0.717, 1.165) is 16.8 Å². The molecule has 0 unspecified atom stereocenters. The number of nitriles is 1. The lowest BCUT2D eigenvalue weighted by Crippen LogP contribution is -2.04. The molecule has 0 spiro atoms. The van der Waals surface area contributed by atoms with Crippen molar-refractivity contribution in [1.29, 1.82) is 5.26 Å². The average Bonchev–Trinajstić information content (AvgIpc) is 2.87. The molecule has 33 heavy (non-hydrogen) atoms.